The summed E-state index contributed by atoms with van der Waals surface area (Å²) >= 11 is 7.76. The van der Waals surface area contributed by atoms with E-state index in [-0.39, 0.29) is 0 Å². The number of nitrogen functional groups attached to an aromatic ring is 1. The Hall–Kier alpha value is -0.730. The van der Waals surface area contributed by atoms with Crippen LogP contribution < -0.4 is 5.73 Å². The Labute approximate surface area is 86.1 Å². The number of nitrogens with two attached hydrogens (primary N) is 1. The lowest BCUT2D eigenvalue weighted by Gasteiger charge is -2.00. The Morgan fingerprint density at radius 3 is 2.92 bits per heavy atom. The van der Waals surface area contributed by atoms with Crippen molar-refractivity contribution in [3.8, 4) is 0 Å². The van der Waals surface area contributed by atoms with E-state index in [1.54, 1.807) is 11.3 Å². The Kier molecular flexibility index (Phi) is 2.18. The van der Waals surface area contributed by atoms with Gasteiger partial charge in [0.1, 0.15) is 0 Å². The van der Waals surface area contributed by atoms with Crippen molar-refractivity contribution in [2.24, 2.45) is 0 Å². The number of hydrogen-bond acceptors (Lipinski definition) is 2. The van der Waals surface area contributed by atoms with Crippen LogP contribution in [0, 0.1) is 0 Å². The molecule has 0 atom stereocenters. The minimum atomic E-state index is 0.824. The topological polar surface area (TPSA) is 26.0 Å². The van der Waals surface area contributed by atoms with E-state index >= 15 is 0 Å². The molecule has 3 heteroatoms. The summed E-state index contributed by atoms with van der Waals surface area (Å²) in [4.78, 5) is 0. The molecule has 1 aromatic carbocycles. The van der Waals surface area contributed by atoms with Crippen molar-refractivity contribution in [2.75, 3.05) is 5.73 Å². The van der Waals surface area contributed by atoms with Crippen molar-refractivity contribution in [3.63, 3.8) is 0 Å². The fraction of sp³-hybridized carbons (Fsp3) is 0.200. The maximum atomic E-state index is 6.21. The second kappa shape index (κ2) is 3.20. The monoisotopic (exact) mass is 211 g/mol. The van der Waals surface area contributed by atoms with Crippen LogP contribution in [-0.2, 0) is 6.42 Å². The third kappa shape index (κ3) is 1.40. The average molecular weight is 212 g/mol. The molecule has 0 unspecified atom stereocenters. The minimum absolute atomic E-state index is 0.824. The summed E-state index contributed by atoms with van der Waals surface area (Å²) < 4.78 is 1.11. The number of hydrogen-bond donors (Lipinski definition) is 1. The van der Waals surface area contributed by atoms with Crippen molar-refractivity contribution in [1.29, 1.82) is 0 Å². The van der Waals surface area contributed by atoms with Crippen LogP contribution in [0.5, 0.6) is 0 Å². The molecule has 0 bridgehead atoms. The molecular weight excluding hydrogens is 202 g/mol. The fourth-order valence-corrected chi connectivity index (χ4v) is 2.71. The molecule has 0 spiro atoms. The van der Waals surface area contributed by atoms with Gasteiger partial charge in [-0.3, -0.25) is 0 Å². The molecule has 0 radical (unpaired) electrons. The van der Waals surface area contributed by atoms with Gasteiger partial charge >= 0.3 is 0 Å². The van der Waals surface area contributed by atoms with E-state index < -0.39 is 0 Å². The third-order valence-corrected chi connectivity index (χ3v) is 3.65. The fourth-order valence-electron chi connectivity index (χ4n) is 1.40. The number of rotatable bonds is 1. The number of aryl methyl sites for hydroxylation is 1. The molecule has 1 nitrogen and oxygen atoms in total. The van der Waals surface area contributed by atoms with E-state index in [4.69, 9.17) is 17.3 Å². The van der Waals surface area contributed by atoms with Crippen LogP contribution in [0.1, 0.15) is 12.5 Å². The van der Waals surface area contributed by atoms with E-state index in [1.165, 1.54) is 5.56 Å². The van der Waals surface area contributed by atoms with Gasteiger partial charge in [0.25, 0.3) is 0 Å². The normalized spacial score (nSPS) is 10.9. The summed E-state index contributed by atoms with van der Waals surface area (Å²) in [6.07, 6.45) is 0.965. The molecule has 68 valence electrons. The number of thiophene rings is 1. The van der Waals surface area contributed by atoms with E-state index in [2.05, 4.69) is 19.1 Å². The Bertz CT molecular complexity index is 447. The van der Waals surface area contributed by atoms with Crippen molar-refractivity contribution < 1.29 is 0 Å². The van der Waals surface area contributed by atoms with Crippen LogP contribution >= 0.6 is 22.9 Å². The maximum absolute atomic E-state index is 6.21. The van der Waals surface area contributed by atoms with Crippen LogP contribution in [0.25, 0.3) is 10.1 Å². The second-order valence-corrected chi connectivity index (χ2v) is 4.42. The zero-order chi connectivity index (χ0) is 9.42. The van der Waals surface area contributed by atoms with Crippen LogP contribution in [0.4, 0.5) is 5.00 Å². The summed E-state index contributed by atoms with van der Waals surface area (Å²) in [7, 11) is 0. The van der Waals surface area contributed by atoms with Gasteiger partial charge in [-0.2, -0.15) is 0 Å². The molecule has 0 aliphatic rings. The van der Waals surface area contributed by atoms with E-state index in [9.17, 15) is 0 Å². The first kappa shape index (κ1) is 8.85. The number of fused-ring (bicyclic) bond motifs is 1. The zero-order valence-electron chi connectivity index (χ0n) is 7.30. The van der Waals surface area contributed by atoms with Gasteiger partial charge in [-0.15, -0.1) is 11.3 Å². The van der Waals surface area contributed by atoms with Crippen LogP contribution in [0.3, 0.4) is 0 Å². The van der Waals surface area contributed by atoms with Crippen LogP contribution in [0.2, 0.25) is 5.02 Å². The van der Waals surface area contributed by atoms with Crippen molar-refractivity contribution in [3.05, 3.63) is 28.8 Å². The van der Waals surface area contributed by atoms with Gasteiger partial charge in [0.05, 0.1) is 14.7 Å². The summed E-state index contributed by atoms with van der Waals surface area (Å²) in [5.74, 6) is 0. The molecule has 13 heavy (non-hydrogen) atoms. The highest BCUT2D eigenvalue weighted by molar-refractivity contribution is 7.23. The number of benzene rings is 1. The predicted octanol–water partition coefficient (Wildman–Crippen LogP) is 3.70. The summed E-state index contributed by atoms with van der Waals surface area (Å²) in [5.41, 5.74) is 6.90. The lowest BCUT2D eigenvalue weighted by atomic mass is 10.1. The van der Waals surface area contributed by atoms with Gasteiger partial charge in [-0.25, -0.2) is 0 Å². The highest BCUT2D eigenvalue weighted by atomic mass is 35.5. The van der Waals surface area contributed by atoms with Gasteiger partial charge in [0, 0.05) is 0 Å². The summed E-state index contributed by atoms with van der Waals surface area (Å²) in [6.45, 7) is 2.10. The standard InChI is InChI=1S/C10H10ClNS/c1-2-6-3-4-7-5-8(12)13-10(7)9(6)11/h3-5H,2,12H2,1H3. The van der Waals surface area contributed by atoms with Crippen molar-refractivity contribution in [2.45, 2.75) is 13.3 Å². The first-order chi connectivity index (χ1) is 6.22. The summed E-state index contributed by atoms with van der Waals surface area (Å²) in [6, 6.07) is 6.11. The van der Waals surface area contributed by atoms with Crippen LogP contribution in [0.15, 0.2) is 18.2 Å². The molecule has 0 aliphatic heterocycles. The first-order valence-corrected chi connectivity index (χ1v) is 5.38. The lowest BCUT2D eigenvalue weighted by molar-refractivity contribution is 1.15. The molecule has 2 rings (SSSR count). The third-order valence-electron chi connectivity index (χ3n) is 2.11. The SMILES string of the molecule is CCc1ccc2cc(N)sc2c1Cl. The number of anilines is 1. The molecule has 0 amide bonds. The van der Waals surface area contributed by atoms with Gasteiger partial charge < -0.3 is 5.73 Å². The quantitative estimate of drug-likeness (QED) is 0.765. The molecule has 0 aliphatic carbocycles. The van der Waals surface area contributed by atoms with Gasteiger partial charge in [-0.1, -0.05) is 30.7 Å². The molecular formula is C10H10ClNS. The highest BCUT2D eigenvalue weighted by Crippen LogP contribution is 2.35. The smallest absolute Gasteiger partial charge is 0.0869 e. The predicted molar refractivity (Wildman–Crippen MR) is 60.6 cm³/mol. The molecule has 0 fully saturated rings. The highest BCUT2D eigenvalue weighted by Gasteiger charge is 2.06. The first-order valence-electron chi connectivity index (χ1n) is 4.18. The van der Waals surface area contributed by atoms with E-state index in [0.29, 0.717) is 0 Å². The van der Waals surface area contributed by atoms with Gasteiger partial charge in [0.15, 0.2) is 0 Å². The zero-order valence-corrected chi connectivity index (χ0v) is 8.88. The summed E-state index contributed by atoms with van der Waals surface area (Å²) in [5, 5.41) is 2.83. The Balaban J connectivity index is 2.78. The van der Waals surface area contributed by atoms with Crippen molar-refractivity contribution >= 4 is 38.0 Å². The Morgan fingerprint density at radius 1 is 1.46 bits per heavy atom. The lowest BCUT2D eigenvalue weighted by Crippen LogP contribution is -1.80. The molecule has 2 N–H and O–H groups in total. The largest absolute Gasteiger partial charge is 0.391 e. The van der Waals surface area contributed by atoms with Gasteiger partial charge in [-0.05, 0) is 23.4 Å². The maximum Gasteiger partial charge on any atom is 0.0869 e. The van der Waals surface area contributed by atoms with Gasteiger partial charge in [0.2, 0.25) is 0 Å². The molecule has 0 saturated heterocycles. The van der Waals surface area contributed by atoms with Crippen molar-refractivity contribution in [1.82, 2.24) is 0 Å². The number of halogens is 1. The molecule has 1 aromatic heterocycles. The van der Waals surface area contributed by atoms with E-state index in [0.717, 1.165) is 26.5 Å². The molecule has 1 heterocycles. The Morgan fingerprint density at radius 2 is 2.23 bits per heavy atom. The molecule has 0 saturated carbocycles. The van der Waals surface area contributed by atoms with Crippen LogP contribution in [-0.4, -0.2) is 0 Å². The van der Waals surface area contributed by atoms with E-state index in [1.807, 2.05) is 6.07 Å². The minimum Gasteiger partial charge on any atom is -0.391 e. The average Bonchev–Trinajstić information content (AvgIpc) is 2.47. The second-order valence-electron chi connectivity index (χ2n) is 2.96. The molecule has 2 aromatic rings.